The van der Waals surface area contributed by atoms with Gasteiger partial charge in [0.05, 0.1) is 6.61 Å². The fourth-order valence-electron chi connectivity index (χ4n) is 1.83. The zero-order chi connectivity index (χ0) is 15.8. The van der Waals surface area contributed by atoms with Crippen LogP contribution in [-0.4, -0.2) is 19.2 Å². The van der Waals surface area contributed by atoms with Crippen molar-refractivity contribution >= 4 is 5.97 Å². The Morgan fingerprint density at radius 1 is 1.05 bits per heavy atom. The molecule has 0 bridgehead atoms. The molecule has 0 N–H and O–H groups in total. The van der Waals surface area contributed by atoms with E-state index in [1.54, 1.807) is 19.1 Å². The summed E-state index contributed by atoms with van der Waals surface area (Å²) >= 11 is 0. The number of benzene rings is 2. The van der Waals surface area contributed by atoms with E-state index in [1.807, 2.05) is 43.3 Å². The fourth-order valence-corrected chi connectivity index (χ4v) is 1.83. The van der Waals surface area contributed by atoms with E-state index in [0.717, 1.165) is 16.7 Å². The highest BCUT2D eigenvalue weighted by Crippen LogP contribution is 2.12. The lowest BCUT2D eigenvalue weighted by Crippen LogP contribution is -2.14. The molecule has 0 aliphatic rings. The molecule has 0 spiro atoms. The Labute approximate surface area is 130 Å². The molecule has 3 heteroatoms. The average molecular weight is 294 g/mol. The van der Waals surface area contributed by atoms with Gasteiger partial charge in [0.2, 0.25) is 0 Å². The lowest BCUT2D eigenvalue weighted by molar-refractivity contribution is -0.145. The summed E-state index contributed by atoms with van der Waals surface area (Å²) in [7, 11) is 0. The van der Waals surface area contributed by atoms with E-state index >= 15 is 0 Å². The van der Waals surface area contributed by atoms with Crippen LogP contribution in [0.1, 0.15) is 23.6 Å². The number of carbonyl (C=O) groups is 1. The maximum atomic E-state index is 11.2. The van der Waals surface area contributed by atoms with Crippen molar-refractivity contribution in [3.8, 4) is 17.6 Å². The summed E-state index contributed by atoms with van der Waals surface area (Å²) in [4.78, 5) is 11.2. The number of hydrogen-bond donors (Lipinski definition) is 0. The molecule has 0 amide bonds. The molecular weight excluding hydrogens is 276 g/mol. The van der Waals surface area contributed by atoms with Gasteiger partial charge in [0.15, 0.2) is 6.61 Å². The van der Waals surface area contributed by atoms with Crippen molar-refractivity contribution in [2.45, 2.75) is 13.8 Å². The standard InChI is InChI=1S/C19H18O3/c1-3-21-19(20)14-22-18-12-9-16(10-13-18)8-11-17-7-5-4-6-15(17)2/h4-7,9-10,12-13H,3,14H2,1-2H3. The Kier molecular flexibility index (Phi) is 5.62. The second-order valence-corrected chi connectivity index (χ2v) is 4.68. The Morgan fingerprint density at radius 2 is 1.77 bits per heavy atom. The van der Waals surface area contributed by atoms with Gasteiger partial charge in [0.25, 0.3) is 0 Å². The maximum absolute atomic E-state index is 11.2. The summed E-state index contributed by atoms with van der Waals surface area (Å²) < 4.78 is 10.1. The van der Waals surface area contributed by atoms with E-state index in [1.165, 1.54) is 0 Å². The summed E-state index contributed by atoms with van der Waals surface area (Å²) in [6.45, 7) is 4.08. The molecule has 0 radical (unpaired) electrons. The second-order valence-electron chi connectivity index (χ2n) is 4.68. The first-order valence-corrected chi connectivity index (χ1v) is 7.15. The molecule has 0 aliphatic heterocycles. The molecule has 0 heterocycles. The van der Waals surface area contributed by atoms with Gasteiger partial charge in [-0.05, 0) is 49.7 Å². The van der Waals surface area contributed by atoms with Gasteiger partial charge >= 0.3 is 5.97 Å². The van der Waals surface area contributed by atoms with E-state index < -0.39 is 0 Å². The Hall–Kier alpha value is -2.73. The van der Waals surface area contributed by atoms with Gasteiger partial charge in [0.1, 0.15) is 5.75 Å². The van der Waals surface area contributed by atoms with Gasteiger partial charge in [0, 0.05) is 11.1 Å². The number of hydrogen-bond acceptors (Lipinski definition) is 3. The van der Waals surface area contributed by atoms with Gasteiger partial charge in [-0.2, -0.15) is 0 Å². The Balaban J connectivity index is 1.98. The van der Waals surface area contributed by atoms with Crippen LogP contribution in [0.2, 0.25) is 0 Å². The minimum Gasteiger partial charge on any atom is -0.482 e. The molecule has 0 fully saturated rings. The summed E-state index contributed by atoms with van der Waals surface area (Å²) in [5, 5.41) is 0. The average Bonchev–Trinajstić information content (AvgIpc) is 2.53. The molecule has 2 aromatic rings. The fraction of sp³-hybridized carbons (Fsp3) is 0.211. The van der Waals surface area contributed by atoms with E-state index in [4.69, 9.17) is 9.47 Å². The number of aryl methyl sites for hydroxylation is 1. The van der Waals surface area contributed by atoms with Crippen LogP contribution in [0.3, 0.4) is 0 Å². The monoisotopic (exact) mass is 294 g/mol. The van der Waals surface area contributed by atoms with Gasteiger partial charge < -0.3 is 9.47 Å². The van der Waals surface area contributed by atoms with Crippen molar-refractivity contribution in [3.63, 3.8) is 0 Å². The van der Waals surface area contributed by atoms with Crippen LogP contribution in [0.25, 0.3) is 0 Å². The van der Waals surface area contributed by atoms with Gasteiger partial charge in [-0.25, -0.2) is 4.79 Å². The van der Waals surface area contributed by atoms with E-state index in [9.17, 15) is 4.79 Å². The van der Waals surface area contributed by atoms with Crippen molar-refractivity contribution in [1.82, 2.24) is 0 Å². The van der Waals surface area contributed by atoms with Crippen molar-refractivity contribution in [2.24, 2.45) is 0 Å². The highest BCUT2D eigenvalue weighted by atomic mass is 16.6. The molecular formula is C19H18O3. The molecule has 2 aromatic carbocycles. The first kappa shape index (κ1) is 15.7. The number of carbonyl (C=O) groups excluding carboxylic acids is 1. The predicted molar refractivity (Wildman–Crippen MR) is 85.7 cm³/mol. The molecule has 0 saturated heterocycles. The lowest BCUT2D eigenvalue weighted by atomic mass is 10.1. The molecule has 0 aromatic heterocycles. The third-order valence-electron chi connectivity index (χ3n) is 3.00. The smallest absolute Gasteiger partial charge is 0.344 e. The van der Waals surface area contributed by atoms with Crippen LogP contribution < -0.4 is 4.74 Å². The third kappa shape index (κ3) is 4.68. The Bertz CT molecular complexity index is 691. The summed E-state index contributed by atoms with van der Waals surface area (Å²) in [5.41, 5.74) is 3.07. The van der Waals surface area contributed by atoms with Crippen LogP contribution in [0.5, 0.6) is 5.75 Å². The molecule has 2 rings (SSSR count). The highest BCUT2D eigenvalue weighted by Gasteiger charge is 2.02. The highest BCUT2D eigenvalue weighted by molar-refractivity contribution is 5.71. The first-order chi connectivity index (χ1) is 10.7. The van der Waals surface area contributed by atoms with Gasteiger partial charge in [-0.1, -0.05) is 30.0 Å². The molecule has 0 saturated carbocycles. The molecule has 0 atom stereocenters. The molecule has 3 nitrogen and oxygen atoms in total. The topological polar surface area (TPSA) is 35.5 Å². The third-order valence-corrected chi connectivity index (χ3v) is 3.00. The summed E-state index contributed by atoms with van der Waals surface area (Å²) in [5.74, 6) is 6.52. The summed E-state index contributed by atoms with van der Waals surface area (Å²) in [6, 6.07) is 15.3. The van der Waals surface area contributed by atoms with Crippen molar-refractivity contribution in [2.75, 3.05) is 13.2 Å². The molecule has 22 heavy (non-hydrogen) atoms. The van der Waals surface area contributed by atoms with Gasteiger partial charge in [-0.3, -0.25) is 0 Å². The zero-order valence-electron chi connectivity index (χ0n) is 12.8. The first-order valence-electron chi connectivity index (χ1n) is 7.15. The minimum absolute atomic E-state index is 0.0813. The quantitative estimate of drug-likeness (QED) is 0.641. The lowest BCUT2D eigenvalue weighted by Gasteiger charge is -2.05. The summed E-state index contributed by atoms with van der Waals surface area (Å²) in [6.07, 6.45) is 0. The molecule has 112 valence electrons. The number of ether oxygens (including phenoxy) is 2. The van der Waals surface area contributed by atoms with E-state index in [2.05, 4.69) is 11.8 Å². The van der Waals surface area contributed by atoms with Crippen molar-refractivity contribution in [1.29, 1.82) is 0 Å². The number of rotatable bonds is 4. The van der Waals surface area contributed by atoms with Crippen LogP contribution >= 0.6 is 0 Å². The largest absolute Gasteiger partial charge is 0.482 e. The van der Waals surface area contributed by atoms with Crippen molar-refractivity contribution in [3.05, 3.63) is 65.2 Å². The molecule has 0 unspecified atom stereocenters. The van der Waals surface area contributed by atoms with Crippen LogP contribution in [0.15, 0.2) is 48.5 Å². The van der Waals surface area contributed by atoms with Crippen LogP contribution in [0, 0.1) is 18.8 Å². The SMILES string of the molecule is CCOC(=O)COc1ccc(C#Cc2ccccc2C)cc1. The Morgan fingerprint density at radius 3 is 2.45 bits per heavy atom. The van der Waals surface area contributed by atoms with E-state index in [-0.39, 0.29) is 12.6 Å². The van der Waals surface area contributed by atoms with Crippen LogP contribution in [-0.2, 0) is 9.53 Å². The molecule has 0 aliphatic carbocycles. The van der Waals surface area contributed by atoms with Gasteiger partial charge in [-0.15, -0.1) is 0 Å². The minimum atomic E-state index is -0.370. The number of esters is 1. The normalized spacial score (nSPS) is 9.55. The maximum Gasteiger partial charge on any atom is 0.344 e. The van der Waals surface area contributed by atoms with Crippen LogP contribution in [0.4, 0.5) is 0 Å². The van der Waals surface area contributed by atoms with E-state index in [0.29, 0.717) is 12.4 Å². The second kappa shape index (κ2) is 7.90. The van der Waals surface area contributed by atoms with Crippen molar-refractivity contribution < 1.29 is 14.3 Å². The zero-order valence-corrected chi connectivity index (χ0v) is 12.8. The predicted octanol–water partition coefficient (Wildman–Crippen LogP) is 3.34.